The molecule has 0 aromatic heterocycles. The van der Waals surface area contributed by atoms with Crippen molar-refractivity contribution in [3.63, 3.8) is 0 Å². The second kappa shape index (κ2) is 5.50. The Morgan fingerprint density at radius 1 is 0.957 bits per heavy atom. The van der Waals surface area contributed by atoms with E-state index in [1.165, 1.54) is 0 Å². The van der Waals surface area contributed by atoms with Crippen molar-refractivity contribution < 1.29 is 23.7 Å². The molecule has 23 heavy (non-hydrogen) atoms. The van der Waals surface area contributed by atoms with Crippen molar-refractivity contribution in [2.24, 2.45) is 0 Å². The molecule has 4 rings (SSSR count). The van der Waals surface area contributed by atoms with Crippen LogP contribution < -0.4 is 18.9 Å². The van der Waals surface area contributed by atoms with Gasteiger partial charge in [-0.25, -0.2) is 0 Å². The molecular weight excluding hydrogens is 296 g/mol. The third-order valence-electron chi connectivity index (χ3n) is 4.14. The highest BCUT2D eigenvalue weighted by molar-refractivity contribution is 6.04. The summed E-state index contributed by atoms with van der Waals surface area (Å²) in [5, 5.41) is 0. The van der Waals surface area contributed by atoms with Crippen molar-refractivity contribution in [1.29, 1.82) is 0 Å². The van der Waals surface area contributed by atoms with Crippen molar-refractivity contribution >= 4 is 5.78 Å². The summed E-state index contributed by atoms with van der Waals surface area (Å²) in [6.45, 7) is 1.37. The molecule has 0 fully saturated rings. The van der Waals surface area contributed by atoms with E-state index < -0.39 is 0 Å². The van der Waals surface area contributed by atoms with Gasteiger partial charge < -0.3 is 18.9 Å². The molecule has 0 aliphatic carbocycles. The lowest BCUT2D eigenvalue weighted by atomic mass is 9.88. The fourth-order valence-corrected chi connectivity index (χ4v) is 2.91. The zero-order valence-electron chi connectivity index (χ0n) is 12.7. The van der Waals surface area contributed by atoms with E-state index in [1.54, 1.807) is 25.3 Å². The molecule has 0 bridgehead atoms. The van der Waals surface area contributed by atoms with Gasteiger partial charge in [-0.05, 0) is 29.8 Å². The van der Waals surface area contributed by atoms with Gasteiger partial charge in [-0.1, -0.05) is 6.07 Å². The maximum atomic E-state index is 12.8. The molecule has 0 spiro atoms. The number of Topliss-reactive ketones (excluding diaryl/α,β-unsaturated/α-hetero) is 1. The van der Waals surface area contributed by atoms with E-state index in [-0.39, 0.29) is 11.7 Å². The van der Waals surface area contributed by atoms with E-state index in [0.29, 0.717) is 48.4 Å². The monoisotopic (exact) mass is 312 g/mol. The normalized spacial score (nSPS) is 18.8. The first-order chi connectivity index (χ1) is 11.3. The van der Waals surface area contributed by atoms with E-state index in [9.17, 15) is 4.79 Å². The van der Waals surface area contributed by atoms with Gasteiger partial charge in [0.2, 0.25) is 0 Å². The predicted octanol–water partition coefficient (Wildman–Crippen LogP) is 2.83. The third-order valence-corrected chi connectivity index (χ3v) is 4.14. The summed E-state index contributed by atoms with van der Waals surface area (Å²) >= 11 is 0. The quantitative estimate of drug-likeness (QED) is 0.853. The van der Waals surface area contributed by atoms with Crippen LogP contribution in [-0.4, -0.2) is 32.7 Å². The summed E-state index contributed by atoms with van der Waals surface area (Å²) in [6.07, 6.45) is 0. The number of methoxy groups -OCH3 is 1. The minimum Gasteiger partial charge on any atom is -0.497 e. The molecule has 0 amide bonds. The molecule has 0 radical (unpaired) electrons. The number of benzene rings is 2. The second-order valence-electron chi connectivity index (χ2n) is 5.49. The highest BCUT2D eigenvalue weighted by atomic mass is 16.6. The summed E-state index contributed by atoms with van der Waals surface area (Å²) in [5.41, 5.74) is 1.46. The topological polar surface area (TPSA) is 54.0 Å². The zero-order chi connectivity index (χ0) is 15.8. The summed E-state index contributed by atoms with van der Waals surface area (Å²) in [7, 11) is 1.59. The van der Waals surface area contributed by atoms with Crippen LogP contribution in [0, 0.1) is 0 Å². The SMILES string of the molecule is COc1ccc2c(c1)OCC(c1ccc3c(c1)OCCO3)C2=O. The molecule has 2 aliphatic heterocycles. The van der Waals surface area contributed by atoms with Crippen molar-refractivity contribution in [1.82, 2.24) is 0 Å². The Balaban J connectivity index is 1.67. The lowest BCUT2D eigenvalue weighted by Gasteiger charge is -2.26. The van der Waals surface area contributed by atoms with E-state index >= 15 is 0 Å². The van der Waals surface area contributed by atoms with Gasteiger partial charge in [-0.3, -0.25) is 4.79 Å². The lowest BCUT2D eigenvalue weighted by Crippen LogP contribution is -2.26. The highest BCUT2D eigenvalue weighted by Crippen LogP contribution is 2.38. The van der Waals surface area contributed by atoms with Crippen molar-refractivity contribution in [2.75, 3.05) is 26.9 Å². The summed E-state index contributed by atoms with van der Waals surface area (Å²) in [5.74, 6) is 2.35. The molecule has 0 saturated heterocycles. The second-order valence-corrected chi connectivity index (χ2v) is 5.49. The van der Waals surface area contributed by atoms with Crippen LogP contribution in [0.1, 0.15) is 21.8 Å². The third kappa shape index (κ3) is 2.38. The molecule has 118 valence electrons. The Morgan fingerprint density at radius 3 is 2.61 bits per heavy atom. The van der Waals surface area contributed by atoms with Crippen LogP contribution in [0.4, 0.5) is 0 Å². The molecule has 2 aliphatic rings. The zero-order valence-corrected chi connectivity index (χ0v) is 12.7. The number of carbonyl (C=O) groups excluding carboxylic acids is 1. The molecule has 0 saturated carbocycles. The Hall–Kier alpha value is -2.69. The van der Waals surface area contributed by atoms with Gasteiger partial charge in [-0.15, -0.1) is 0 Å². The Morgan fingerprint density at radius 2 is 1.78 bits per heavy atom. The Kier molecular flexibility index (Phi) is 3.33. The van der Waals surface area contributed by atoms with Crippen LogP contribution >= 0.6 is 0 Å². The van der Waals surface area contributed by atoms with Crippen molar-refractivity contribution in [3.8, 4) is 23.0 Å². The number of rotatable bonds is 2. The molecule has 2 heterocycles. The largest absolute Gasteiger partial charge is 0.497 e. The maximum Gasteiger partial charge on any atom is 0.177 e. The minimum absolute atomic E-state index is 0.0468. The summed E-state index contributed by atoms with van der Waals surface area (Å²) in [6, 6.07) is 10.9. The molecule has 0 N–H and O–H groups in total. The van der Waals surface area contributed by atoms with E-state index in [4.69, 9.17) is 18.9 Å². The molecule has 5 heteroatoms. The average molecular weight is 312 g/mol. The van der Waals surface area contributed by atoms with Gasteiger partial charge in [0.15, 0.2) is 17.3 Å². The van der Waals surface area contributed by atoms with Gasteiger partial charge >= 0.3 is 0 Å². The smallest absolute Gasteiger partial charge is 0.177 e. The number of ketones is 1. The first-order valence-corrected chi connectivity index (χ1v) is 7.51. The van der Waals surface area contributed by atoms with Crippen LogP contribution in [0.5, 0.6) is 23.0 Å². The molecule has 2 aromatic rings. The van der Waals surface area contributed by atoms with Gasteiger partial charge in [0.05, 0.1) is 18.6 Å². The van der Waals surface area contributed by atoms with Crippen molar-refractivity contribution in [3.05, 3.63) is 47.5 Å². The number of carbonyl (C=O) groups is 1. The Bertz CT molecular complexity index is 768. The summed E-state index contributed by atoms with van der Waals surface area (Å²) in [4.78, 5) is 12.8. The molecule has 2 aromatic carbocycles. The van der Waals surface area contributed by atoms with E-state index in [1.807, 2.05) is 18.2 Å². The van der Waals surface area contributed by atoms with Gasteiger partial charge in [0.25, 0.3) is 0 Å². The number of fused-ring (bicyclic) bond motifs is 2. The van der Waals surface area contributed by atoms with Gasteiger partial charge in [-0.2, -0.15) is 0 Å². The van der Waals surface area contributed by atoms with Crippen LogP contribution in [0.25, 0.3) is 0 Å². The standard InChI is InChI=1S/C18H16O5/c1-20-12-3-4-13-16(9-12)23-10-14(18(13)19)11-2-5-15-17(8-11)22-7-6-21-15/h2-5,8-9,14H,6-7,10H2,1H3. The number of ether oxygens (including phenoxy) is 4. The Labute approximate surface area is 133 Å². The number of hydrogen-bond acceptors (Lipinski definition) is 5. The fourth-order valence-electron chi connectivity index (χ4n) is 2.91. The van der Waals surface area contributed by atoms with Gasteiger partial charge in [0, 0.05) is 6.07 Å². The van der Waals surface area contributed by atoms with Crippen LogP contribution in [-0.2, 0) is 0 Å². The van der Waals surface area contributed by atoms with E-state index in [0.717, 1.165) is 5.56 Å². The maximum absolute atomic E-state index is 12.8. The van der Waals surface area contributed by atoms with Crippen LogP contribution in [0.3, 0.4) is 0 Å². The molecular formula is C18H16O5. The summed E-state index contributed by atoms with van der Waals surface area (Å²) < 4.78 is 22.1. The minimum atomic E-state index is -0.341. The lowest BCUT2D eigenvalue weighted by molar-refractivity contribution is 0.0895. The molecule has 1 atom stereocenters. The highest BCUT2D eigenvalue weighted by Gasteiger charge is 2.31. The van der Waals surface area contributed by atoms with Gasteiger partial charge in [0.1, 0.15) is 31.3 Å². The predicted molar refractivity (Wildman–Crippen MR) is 83.0 cm³/mol. The van der Waals surface area contributed by atoms with Crippen LogP contribution in [0.15, 0.2) is 36.4 Å². The number of hydrogen-bond donors (Lipinski definition) is 0. The fraction of sp³-hybridized carbons (Fsp3) is 0.278. The first kappa shape index (κ1) is 13.9. The molecule has 5 nitrogen and oxygen atoms in total. The van der Waals surface area contributed by atoms with Crippen molar-refractivity contribution in [2.45, 2.75) is 5.92 Å². The average Bonchev–Trinajstić information content (AvgIpc) is 2.61. The van der Waals surface area contributed by atoms with Crippen LogP contribution in [0.2, 0.25) is 0 Å². The molecule has 1 unspecified atom stereocenters. The van der Waals surface area contributed by atoms with E-state index in [2.05, 4.69) is 0 Å². The first-order valence-electron chi connectivity index (χ1n) is 7.51.